The Morgan fingerprint density at radius 1 is 1.05 bits per heavy atom. The fraction of sp³-hybridized carbons (Fsp3) is 0.500. The summed E-state index contributed by atoms with van der Waals surface area (Å²) in [4.78, 5) is 8.77. The van der Waals surface area contributed by atoms with Crippen molar-refractivity contribution in [1.82, 2.24) is 9.97 Å². The van der Waals surface area contributed by atoms with E-state index < -0.39 is 0 Å². The van der Waals surface area contributed by atoms with Crippen molar-refractivity contribution in [2.24, 2.45) is 0 Å². The van der Waals surface area contributed by atoms with Crippen LogP contribution in [0.2, 0.25) is 0 Å². The van der Waals surface area contributed by atoms with Gasteiger partial charge in [-0.05, 0) is 25.0 Å². The molecule has 0 spiro atoms. The molecule has 0 atom stereocenters. The Morgan fingerprint density at radius 2 is 1.86 bits per heavy atom. The topological polar surface area (TPSA) is 56.3 Å². The van der Waals surface area contributed by atoms with Crippen molar-refractivity contribution < 1.29 is 9.47 Å². The first-order valence-corrected chi connectivity index (χ1v) is 7.45. The molecule has 3 rings (SSSR count). The second-order valence-electron chi connectivity index (χ2n) is 5.40. The van der Waals surface area contributed by atoms with E-state index >= 15 is 0 Å². The standard InChI is InChI=1S/C16H21N3O2/c1-20-13-9-8-12-14(15(13)21-2)17-10-18-16(12)19-11-6-4-3-5-7-11/h8-11H,3-7H2,1-2H3,(H,17,18,19). The minimum absolute atomic E-state index is 0.505. The lowest BCUT2D eigenvalue weighted by molar-refractivity contribution is 0.358. The maximum atomic E-state index is 5.45. The van der Waals surface area contributed by atoms with Gasteiger partial charge < -0.3 is 14.8 Å². The maximum Gasteiger partial charge on any atom is 0.187 e. The number of methoxy groups -OCH3 is 2. The van der Waals surface area contributed by atoms with Crippen LogP contribution in [0.4, 0.5) is 5.82 Å². The summed E-state index contributed by atoms with van der Waals surface area (Å²) in [5.74, 6) is 2.23. The zero-order chi connectivity index (χ0) is 14.7. The molecular weight excluding hydrogens is 266 g/mol. The highest BCUT2D eigenvalue weighted by molar-refractivity contribution is 5.94. The van der Waals surface area contributed by atoms with Gasteiger partial charge in [-0.25, -0.2) is 9.97 Å². The van der Waals surface area contributed by atoms with Crippen molar-refractivity contribution in [2.45, 2.75) is 38.1 Å². The monoisotopic (exact) mass is 287 g/mol. The number of anilines is 1. The Hall–Kier alpha value is -2.04. The van der Waals surface area contributed by atoms with E-state index in [0.717, 1.165) is 16.7 Å². The Labute approximate surface area is 124 Å². The zero-order valence-corrected chi connectivity index (χ0v) is 12.6. The van der Waals surface area contributed by atoms with Gasteiger partial charge in [-0.2, -0.15) is 0 Å². The molecule has 1 N–H and O–H groups in total. The predicted molar refractivity (Wildman–Crippen MR) is 83.1 cm³/mol. The van der Waals surface area contributed by atoms with Gasteiger partial charge in [-0.1, -0.05) is 19.3 Å². The lowest BCUT2D eigenvalue weighted by Crippen LogP contribution is -2.23. The molecule has 1 aliphatic rings. The molecule has 5 heteroatoms. The minimum atomic E-state index is 0.505. The van der Waals surface area contributed by atoms with Crippen molar-refractivity contribution in [3.05, 3.63) is 18.5 Å². The van der Waals surface area contributed by atoms with E-state index in [1.54, 1.807) is 20.5 Å². The van der Waals surface area contributed by atoms with E-state index in [-0.39, 0.29) is 0 Å². The summed E-state index contributed by atoms with van der Waals surface area (Å²) in [6, 6.07) is 4.39. The van der Waals surface area contributed by atoms with E-state index in [4.69, 9.17) is 9.47 Å². The molecule has 112 valence electrons. The van der Waals surface area contributed by atoms with E-state index in [9.17, 15) is 0 Å². The number of ether oxygens (including phenoxy) is 2. The first-order chi connectivity index (χ1) is 10.3. The van der Waals surface area contributed by atoms with E-state index in [1.807, 2.05) is 12.1 Å². The first-order valence-electron chi connectivity index (χ1n) is 7.45. The van der Waals surface area contributed by atoms with Gasteiger partial charge in [0.15, 0.2) is 11.5 Å². The molecule has 1 aliphatic carbocycles. The molecule has 1 aromatic heterocycles. The molecule has 21 heavy (non-hydrogen) atoms. The van der Waals surface area contributed by atoms with Crippen LogP contribution < -0.4 is 14.8 Å². The molecule has 1 heterocycles. The largest absolute Gasteiger partial charge is 0.493 e. The summed E-state index contributed by atoms with van der Waals surface area (Å²) < 4.78 is 10.8. The molecule has 0 aliphatic heterocycles. The molecule has 0 unspecified atom stereocenters. The van der Waals surface area contributed by atoms with Gasteiger partial charge in [-0.3, -0.25) is 0 Å². The summed E-state index contributed by atoms with van der Waals surface area (Å²) in [6.07, 6.45) is 7.91. The number of hydrogen-bond donors (Lipinski definition) is 1. The fourth-order valence-corrected chi connectivity index (χ4v) is 3.00. The Bertz CT molecular complexity index is 624. The van der Waals surface area contributed by atoms with Gasteiger partial charge in [0.1, 0.15) is 17.7 Å². The Morgan fingerprint density at radius 3 is 2.57 bits per heavy atom. The minimum Gasteiger partial charge on any atom is -0.493 e. The number of nitrogens with zero attached hydrogens (tertiary/aromatic N) is 2. The Kier molecular flexibility index (Phi) is 4.08. The molecule has 0 bridgehead atoms. The van der Waals surface area contributed by atoms with Gasteiger partial charge in [-0.15, -0.1) is 0 Å². The van der Waals surface area contributed by atoms with Crippen LogP contribution in [0.5, 0.6) is 11.5 Å². The third kappa shape index (κ3) is 2.73. The molecular formula is C16H21N3O2. The van der Waals surface area contributed by atoms with Crippen molar-refractivity contribution in [2.75, 3.05) is 19.5 Å². The highest BCUT2D eigenvalue weighted by Gasteiger charge is 2.17. The summed E-state index contributed by atoms with van der Waals surface area (Å²) in [7, 11) is 3.26. The number of hydrogen-bond acceptors (Lipinski definition) is 5. The molecule has 0 radical (unpaired) electrons. The molecule has 0 amide bonds. The first kappa shape index (κ1) is 13.9. The average Bonchev–Trinajstić information content (AvgIpc) is 2.55. The third-order valence-electron chi connectivity index (χ3n) is 4.09. The fourth-order valence-electron chi connectivity index (χ4n) is 3.00. The summed E-state index contributed by atoms with van der Waals surface area (Å²) >= 11 is 0. The number of nitrogens with one attached hydrogen (secondary N) is 1. The van der Waals surface area contributed by atoms with Crippen LogP contribution in [-0.2, 0) is 0 Å². The quantitative estimate of drug-likeness (QED) is 0.934. The summed E-state index contributed by atoms with van der Waals surface area (Å²) in [6.45, 7) is 0. The Balaban J connectivity index is 1.99. The second kappa shape index (κ2) is 6.16. The predicted octanol–water partition coefficient (Wildman–Crippen LogP) is 3.39. The van der Waals surface area contributed by atoms with Gasteiger partial charge in [0.2, 0.25) is 0 Å². The molecule has 0 saturated heterocycles. The van der Waals surface area contributed by atoms with E-state index in [1.165, 1.54) is 32.1 Å². The average molecular weight is 287 g/mol. The lowest BCUT2D eigenvalue weighted by Gasteiger charge is -2.24. The normalized spacial score (nSPS) is 15.9. The SMILES string of the molecule is COc1ccc2c(NC3CCCCC3)ncnc2c1OC. The van der Waals surface area contributed by atoms with Crippen LogP contribution >= 0.6 is 0 Å². The highest BCUT2D eigenvalue weighted by Crippen LogP contribution is 2.36. The van der Waals surface area contributed by atoms with Gasteiger partial charge >= 0.3 is 0 Å². The van der Waals surface area contributed by atoms with Gasteiger partial charge in [0, 0.05) is 11.4 Å². The van der Waals surface area contributed by atoms with E-state index in [0.29, 0.717) is 17.5 Å². The molecule has 2 aromatic rings. The number of fused-ring (bicyclic) bond motifs is 1. The number of rotatable bonds is 4. The van der Waals surface area contributed by atoms with Crippen LogP contribution in [0, 0.1) is 0 Å². The van der Waals surface area contributed by atoms with Gasteiger partial charge in [0.25, 0.3) is 0 Å². The highest BCUT2D eigenvalue weighted by atomic mass is 16.5. The van der Waals surface area contributed by atoms with Crippen LogP contribution in [-0.4, -0.2) is 30.2 Å². The molecule has 1 saturated carbocycles. The smallest absolute Gasteiger partial charge is 0.187 e. The van der Waals surface area contributed by atoms with Crippen molar-refractivity contribution >= 4 is 16.7 Å². The van der Waals surface area contributed by atoms with Gasteiger partial charge in [0.05, 0.1) is 14.2 Å². The molecule has 5 nitrogen and oxygen atoms in total. The third-order valence-corrected chi connectivity index (χ3v) is 4.09. The number of benzene rings is 1. The van der Waals surface area contributed by atoms with Crippen molar-refractivity contribution in [3.63, 3.8) is 0 Å². The number of aromatic nitrogens is 2. The van der Waals surface area contributed by atoms with Crippen molar-refractivity contribution in [1.29, 1.82) is 0 Å². The van der Waals surface area contributed by atoms with Crippen LogP contribution in [0.3, 0.4) is 0 Å². The molecule has 1 aromatic carbocycles. The molecule has 1 fully saturated rings. The summed E-state index contributed by atoms with van der Waals surface area (Å²) in [5.41, 5.74) is 0.783. The van der Waals surface area contributed by atoms with Crippen LogP contribution in [0.25, 0.3) is 10.9 Å². The lowest BCUT2D eigenvalue weighted by atomic mass is 9.95. The van der Waals surface area contributed by atoms with Crippen LogP contribution in [0.15, 0.2) is 18.5 Å². The van der Waals surface area contributed by atoms with E-state index in [2.05, 4.69) is 15.3 Å². The zero-order valence-electron chi connectivity index (χ0n) is 12.6. The van der Waals surface area contributed by atoms with Crippen LogP contribution in [0.1, 0.15) is 32.1 Å². The van der Waals surface area contributed by atoms with Crippen molar-refractivity contribution in [3.8, 4) is 11.5 Å². The summed E-state index contributed by atoms with van der Waals surface area (Å²) in [5, 5.41) is 4.54. The maximum absolute atomic E-state index is 5.45. The second-order valence-corrected chi connectivity index (χ2v) is 5.40.